The normalized spacial score (nSPS) is 13.4. The molecule has 5 heteroatoms. The summed E-state index contributed by atoms with van der Waals surface area (Å²) in [5.41, 5.74) is 3.37. The van der Waals surface area contributed by atoms with Crippen molar-refractivity contribution in [1.82, 2.24) is 4.90 Å². The highest BCUT2D eigenvalue weighted by molar-refractivity contribution is 5.91. The van der Waals surface area contributed by atoms with Crippen LogP contribution in [0.15, 0.2) is 121 Å². The topological polar surface area (TPSA) is 55.8 Å². The molecule has 4 aromatic rings. The van der Waals surface area contributed by atoms with E-state index in [1.807, 2.05) is 72.8 Å². The number of hydrogen-bond donors (Lipinski definition) is 0. The number of methoxy groups -OCH3 is 1. The predicted octanol–water partition coefficient (Wildman–Crippen LogP) is 6.39. The molecule has 4 aromatic carbocycles. The summed E-state index contributed by atoms with van der Waals surface area (Å²) in [4.78, 5) is 28.7. The molecular formula is C32H31NO4. The highest BCUT2D eigenvalue weighted by Gasteiger charge is 2.40. The highest BCUT2D eigenvalue weighted by atomic mass is 16.6. The van der Waals surface area contributed by atoms with Crippen molar-refractivity contribution in [3.05, 3.63) is 144 Å². The van der Waals surface area contributed by atoms with Gasteiger partial charge in [0.05, 0.1) is 18.7 Å². The molecule has 0 spiro atoms. The van der Waals surface area contributed by atoms with E-state index in [0.717, 1.165) is 16.7 Å². The fourth-order valence-corrected chi connectivity index (χ4v) is 4.50. The Morgan fingerprint density at radius 3 is 1.73 bits per heavy atom. The molecule has 1 unspecified atom stereocenters. The average molecular weight is 494 g/mol. The Kier molecular flexibility index (Phi) is 8.84. The van der Waals surface area contributed by atoms with Crippen LogP contribution in [0.1, 0.15) is 46.1 Å². The molecule has 0 aliphatic carbocycles. The first-order valence-corrected chi connectivity index (χ1v) is 12.3. The number of carbonyl (C=O) groups is 2. The van der Waals surface area contributed by atoms with Gasteiger partial charge in [-0.05, 0) is 35.7 Å². The summed E-state index contributed by atoms with van der Waals surface area (Å²) in [5, 5.41) is 0. The van der Waals surface area contributed by atoms with Gasteiger partial charge in [-0.25, -0.2) is 9.59 Å². The van der Waals surface area contributed by atoms with Crippen molar-refractivity contribution in [3.63, 3.8) is 0 Å². The van der Waals surface area contributed by atoms with Crippen LogP contribution in [0.3, 0.4) is 0 Å². The minimum Gasteiger partial charge on any atom is -0.466 e. The minimum atomic E-state index is -1.20. The van der Waals surface area contributed by atoms with Gasteiger partial charge in [0.25, 0.3) is 0 Å². The zero-order chi connectivity index (χ0) is 26.0. The van der Waals surface area contributed by atoms with Crippen molar-refractivity contribution >= 4 is 11.9 Å². The lowest BCUT2D eigenvalue weighted by molar-refractivity contribution is -0.156. The Morgan fingerprint density at radius 1 is 0.703 bits per heavy atom. The van der Waals surface area contributed by atoms with Crippen LogP contribution in [-0.2, 0) is 20.8 Å². The van der Waals surface area contributed by atoms with E-state index in [2.05, 4.69) is 36.1 Å². The lowest BCUT2D eigenvalue weighted by Gasteiger charge is -2.40. The number of rotatable bonds is 10. The van der Waals surface area contributed by atoms with Crippen molar-refractivity contribution < 1.29 is 19.1 Å². The van der Waals surface area contributed by atoms with Crippen LogP contribution in [0, 0.1) is 0 Å². The van der Waals surface area contributed by atoms with Crippen LogP contribution >= 0.6 is 0 Å². The van der Waals surface area contributed by atoms with Crippen molar-refractivity contribution in [2.45, 2.75) is 31.7 Å². The molecule has 0 amide bonds. The van der Waals surface area contributed by atoms with Gasteiger partial charge >= 0.3 is 11.9 Å². The van der Waals surface area contributed by atoms with Gasteiger partial charge < -0.3 is 9.47 Å². The molecule has 5 nitrogen and oxygen atoms in total. The molecule has 0 aliphatic heterocycles. The quantitative estimate of drug-likeness (QED) is 0.240. The Hall–Kier alpha value is -4.22. The third kappa shape index (κ3) is 6.51. The average Bonchev–Trinajstić information content (AvgIpc) is 2.97. The molecule has 3 atom stereocenters. The first kappa shape index (κ1) is 25.9. The van der Waals surface area contributed by atoms with Gasteiger partial charge in [0, 0.05) is 12.6 Å². The van der Waals surface area contributed by atoms with E-state index < -0.39 is 24.1 Å². The fraction of sp³-hybridized carbons (Fsp3) is 0.188. The van der Waals surface area contributed by atoms with E-state index in [1.165, 1.54) is 7.11 Å². The van der Waals surface area contributed by atoms with E-state index in [4.69, 9.17) is 9.47 Å². The maximum absolute atomic E-state index is 13.3. The highest BCUT2D eigenvalue weighted by Crippen LogP contribution is 2.36. The van der Waals surface area contributed by atoms with Crippen molar-refractivity contribution in [2.24, 2.45) is 0 Å². The number of hydrogen-bond acceptors (Lipinski definition) is 5. The van der Waals surface area contributed by atoms with Crippen molar-refractivity contribution in [2.75, 3.05) is 7.11 Å². The van der Waals surface area contributed by atoms with Gasteiger partial charge in [0.15, 0.2) is 0 Å². The van der Waals surface area contributed by atoms with Gasteiger partial charge in [-0.3, -0.25) is 4.90 Å². The molecule has 0 N–H and O–H groups in total. The van der Waals surface area contributed by atoms with Crippen LogP contribution in [0.5, 0.6) is 0 Å². The van der Waals surface area contributed by atoms with Crippen molar-refractivity contribution in [1.29, 1.82) is 0 Å². The summed E-state index contributed by atoms with van der Waals surface area (Å²) in [6.07, 6.45) is -1.20. The van der Waals surface area contributed by atoms with E-state index in [-0.39, 0.29) is 6.04 Å². The second kappa shape index (κ2) is 12.7. The van der Waals surface area contributed by atoms with Crippen LogP contribution in [0.2, 0.25) is 0 Å². The maximum atomic E-state index is 13.3. The number of esters is 2. The number of ether oxygens (including phenoxy) is 2. The Bertz CT molecular complexity index is 1260. The molecule has 0 fully saturated rings. The largest absolute Gasteiger partial charge is 0.466 e. The van der Waals surface area contributed by atoms with E-state index in [9.17, 15) is 9.59 Å². The molecular weight excluding hydrogens is 462 g/mol. The smallest absolute Gasteiger partial charge is 0.349 e. The summed E-state index contributed by atoms with van der Waals surface area (Å²) < 4.78 is 11.1. The van der Waals surface area contributed by atoms with Gasteiger partial charge in [0.1, 0.15) is 0 Å². The second-order valence-corrected chi connectivity index (χ2v) is 8.82. The zero-order valence-electron chi connectivity index (χ0n) is 21.1. The summed E-state index contributed by atoms with van der Waals surface area (Å²) in [6.45, 7) is 2.62. The molecule has 188 valence electrons. The van der Waals surface area contributed by atoms with Crippen LogP contribution in [0.25, 0.3) is 0 Å². The van der Waals surface area contributed by atoms with Gasteiger partial charge in [-0.1, -0.05) is 109 Å². The van der Waals surface area contributed by atoms with E-state index in [1.54, 1.807) is 24.3 Å². The number of carbonyl (C=O) groups excluding carboxylic acids is 2. The van der Waals surface area contributed by atoms with E-state index >= 15 is 0 Å². The Morgan fingerprint density at radius 2 is 1.19 bits per heavy atom. The number of benzene rings is 4. The minimum absolute atomic E-state index is 0.116. The summed E-state index contributed by atoms with van der Waals surface area (Å²) in [6, 6.07) is 37.8. The number of nitrogens with zero attached hydrogens (tertiary/aromatic N) is 1. The predicted molar refractivity (Wildman–Crippen MR) is 144 cm³/mol. The van der Waals surface area contributed by atoms with Gasteiger partial charge in [-0.15, -0.1) is 0 Å². The first-order valence-electron chi connectivity index (χ1n) is 12.3. The molecule has 0 bridgehead atoms. The zero-order valence-corrected chi connectivity index (χ0v) is 21.1. The fourth-order valence-electron chi connectivity index (χ4n) is 4.50. The third-order valence-electron chi connectivity index (χ3n) is 6.45. The molecule has 0 aliphatic rings. The van der Waals surface area contributed by atoms with Gasteiger partial charge in [0.2, 0.25) is 6.10 Å². The molecule has 4 rings (SSSR count). The third-order valence-corrected chi connectivity index (χ3v) is 6.45. The molecule has 0 radical (unpaired) electrons. The Balaban J connectivity index is 1.82. The molecule has 0 saturated carbocycles. The maximum Gasteiger partial charge on any atom is 0.349 e. The molecule has 0 saturated heterocycles. The molecule has 37 heavy (non-hydrogen) atoms. The van der Waals surface area contributed by atoms with Gasteiger partial charge in [-0.2, -0.15) is 0 Å². The summed E-state index contributed by atoms with van der Waals surface area (Å²) in [7, 11) is 1.32. The standard InChI is InChI=1S/C32H31NO4/c1-24(26-17-9-4-10-18-26)33(23-25-15-7-3-8-16-25)29(27-19-11-5-12-20-27)30(32(35)36-2)37-31(34)28-21-13-6-14-22-28/h3-22,24,29-30H,23H2,1-2H3/t24-,29?,30-/m0/s1. The van der Waals surface area contributed by atoms with Crippen LogP contribution in [0.4, 0.5) is 0 Å². The van der Waals surface area contributed by atoms with Crippen LogP contribution < -0.4 is 0 Å². The lowest BCUT2D eigenvalue weighted by atomic mass is 9.94. The molecule has 0 heterocycles. The Labute approximate surface area is 218 Å². The SMILES string of the molecule is COC(=O)[C@@H](OC(=O)c1ccccc1)C(c1ccccc1)N(Cc1ccccc1)[C@@H](C)c1ccccc1. The lowest BCUT2D eigenvalue weighted by Crippen LogP contribution is -2.44. The first-order chi connectivity index (χ1) is 18.1. The summed E-state index contributed by atoms with van der Waals surface area (Å²) in [5.74, 6) is -1.19. The monoisotopic (exact) mass is 493 g/mol. The van der Waals surface area contributed by atoms with Crippen molar-refractivity contribution in [3.8, 4) is 0 Å². The molecule has 0 aromatic heterocycles. The van der Waals surface area contributed by atoms with Crippen LogP contribution in [-0.4, -0.2) is 30.1 Å². The second-order valence-electron chi connectivity index (χ2n) is 8.82. The van der Waals surface area contributed by atoms with E-state index in [0.29, 0.717) is 12.1 Å². The summed E-state index contributed by atoms with van der Waals surface area (Å²) >= 11 is 0.